The summed E-state index contributed by atoms with van der Waals surface area (Å²) in [6.07, 6.45) is 0. The van der Waals surface area contributed by atoms with Gasteiger partial charge in [0.2, 0.25) is 11.8 Å². The number of ether oxygens (including phenoxy) is 1. The first-order valence-corrected chi connectivity index (χ1v) is 12.5. The largest absolute Gasteiger partial charge is 0.454 e. The lowest BCUT2D eigenvalue weighted by Crippen LogP contribution is -2.41. The first-order chi connectivity index (χ1) is 17.8. The van der Waals surface area contributed by atoms with Crippen LogP contribution in [0, 0.1) is 18.8 Å². The summed E-state index contributed by atoms with van der Waals surface area (Å²) < 4.78 is 5.12. The van der Waals surface area contributed by atoms with Crippen LogP contribution in [0.3, 0.4) is 0 Å². The number of aryl methyl sites for hydroxylation is 1. The van der Waals surface area contributed by atoms with Crippen LogP contribution in [0.15, 0.2) is 66.7 Å². The quantitative estimate of drug-likeness (QED) is 0.410. The van der Waals surface area contributed by atoms with Gasteiger partial charge in [-0.05, 0) is 46.9 Å². The van der Waals surface area contributed by atoms with Gasteiger partial charge in [0.1, 0.15) is 6.54 Å². The first-order valence-electron chi connectivity index (χ1n) is 12.1. The zero-order valence-corrected chi connectivity index (χ0v) is 20.7. The number of carbonyl (C=O) groups is 4. The first kappa shape index (κ1) is 23.4. The van der Waals surface area contributed by atoms with E-state index in [0.29, 0.717) is 10.7 Å². The van der Waals surface area contributed by atoms with Crippen molar-refractivity contribution in [2.45, 2.75) is 18.8 Å². The molecule has 3 aromatic carbocycles. The van der Waals surface area contributed by atoms with Crippen molar-refractivity contribution in [2.75, 3.05) is 18.5 Å². The van der Waals surface area contributed by atoms with E-state index in [-0.39, 0.29) is 23.7 Å². The minimum Gasteiger partial charge on any atom is -0.454 e. The molecule has 3 amide bonds. The monoisotopic (exact) mass is 514 g/mol. The number of nitrogens with one attached hydrogen (secondary N) is 1. The molecule has 0 radical (unpaired) electrons. The van der Waals surface area contributed by atoms with Crippen molar-refractivity contribution >= 4 is 41.0 Å². The average Bonchev–Trinajstić information content (AvgIpc) is 3.15. The van der Waals surface area contributed by atoms with Gasteiger partial charge in [-0.15, -0.1) is 0 Å². The number of likely N-dealkylation sites (tertiary alicyclic amines) is 1. The van der Waals surface area contributed by atoms with E-state index >= 15 is 0 Å². The minimum absolute atomic E-state index is 0.244. The van der Waals surface area contributed by atoms with Crippen molar-refractivity contribution in [1.29, 1.82) is 0 Å². The Morgan fingerprint density at radius 1 is 0.865 bits per heavy atom. The van der Waals surface area contributed by atoms with Crippen LogP contribution in [0.1, 0.15) is 39.7 Å². The zero-order valence-electron chi connectivity index (χ0n) is 19.9. The van der Waals surface area contributed by atoms with Crippen LogP contribution in [0.5, 0.6) is 0 Å². The number of imide groups is 1. The lowest BCUT2D eigenvalue weighted by atomic mass is 9.55. The fourth-order valence-electron chi connectivity index (χ4n) is 6.13. The third-order valence-electron chi connectivity index (χ3n) is 7.66. The second-order valence-electron chi connectivity index (χ2n) is 9.70. The summed E-state index contributed by atoms with van der Waals surface area (Å²) in [6.45, 7) is 0.738. The van der Waals surface area contributed by atoms with Crippen LogP contribution >= 0.6 is 11.6 Å². The highest BCUT2D eigenvalue weighted by atomic mass is 35.5. The summed E-state index contributed by atoms with van der Waals surface area (Å²) in [5.41, 5.74) is 5.56. The van der Waals surface area contributed by atoms with Gasteiger partial charge in [-0.3, -0.25) is 24.1 Å². The number of nitrogens with zero attached hydrogens (tertiary/aromatic N) is 1. The molecule has 3 aromatic rings. The van der Waals surface area contributed by atoms with Crippen LogP contribution < -0.4 is 5.32 Å². The van der Waals surface area contributed by atoms with E-state index in [1.54, 1.807) is 18.2 Å². The second kappa shape index (κ2) is 8.85. The zero-order chi connectivity index (χ0) is 25.8. The molecule has 3 aliphatic carbocycles. The maximum atomic E-state index is 13.5. The molecular formula is C29H23ClN2O5. The Kier molecular flexibility index (Phi) is 5.60. The number of halogens is 1. The number of esters is 1. The summed E-state index contributed by atoms with van der Waals surface area (Å²) in [5, 5.41) is 3.11. The van der Waals surface area contributed by atoms with Gasteiger partial charge < -0.3 is 10.1 Å². The van der Waals surface area contributed by atoms with Gasteiger partial charge in [0.15, 0.2) is 6.61 Å². The molecule has 7 rings (SSSR count). The number of anilines is 1. The van der Waals surface area contributed by atoms with Crippen molar-refractivity contribution < 1.29 is 23.9 Å². The highest BCUT2D eigenvalue weighted by Crippen LogP contribution is 2.60. The SMILES string of the molecule is Cc1ccc(Cl)cc1NC(=O)COC(=O)CN1C(=O)[C@H]2C3c4ccccc4C(c4ccccc43)[C@@H]2C1=O. The number of hydrogen-bond donors (Lipinski definition) is 1. The third kappa shape index (κ3) is 3.73. The average molecular weight is 515 g/mol. The molecule has 0 saturated carbocycles. The maximum Gasteiger partial charge on any atom is 0.326 e. The molecule has 1 aliphatic heterocycles. The summed E-state index contributed by atoms with van der Waals surface area (Å²) in [6, 6.07) is 20.9. The minimum atomic E-state index is -0.819. The molecule has 1 fully saturated rings. The second-order valence-corrected chi connectivity index (χ2v) is 10.1. The normalized spacial score (nSPS) is 22.8. The van der Waals surface area contributed by atoms with Gasteiger partial charge in [-0.2, -0.15) is 0 Å². The topological polar surface area (TPSA) is 92.8 Å². The lowest BCUT2D eigenvalue weighted by molar-refractivity contribution is -0.154. The predicted octanol–water partition coefficient (Wildman–Crippen LogP) is 4.02. The summed E-state index contributed by atoms with van der Waals surface area (Å²) >= 11 is 5.98. The molecule has 37 heavy (non-hydrogen) atoms. The highest BCUT2D eigenvalue weighted by molar-refractivity contribution is 6.31. The van der Waals surface area contributed by atoms with Gasteiger partial charge in [0.25, 0.3) is 5.91 Å². The predicted molar refractivity (Wildman–Crippen MR) is 136 cm³/mol. The Bertz CT molecular complexity index is 1370. The summed E-state index contributed by atoms with van der Waals surface area (Å²) in [7, 11) is 0. The van der Waals surface area contributed by atoms with Gasteiger partial charge in [-0.25, -0.2) is 0 Å². The van der Waals surface area contributed by atoms with E-state index in [2.05, 4.69) is 5.32 Å². The third-order valence-corrected chi connectivity index (χ3v) is 7.90. The van der Waals surface area contributed by atoms with Crippen LogP contribution in [0.25, 0.3) is 0 Å². The molecule has 186 valence electrons. The Labute approximate surface area is 218 Å². The smallest absolute Gasteiger partial charge is 0.326 e. The van der Waals surface area contributed by atoms with Crippen LogP contribution in [-0.4, -0.2) is 41.7 Å². The van der Waals surface area contributed by atoms with E-state index in [9.17, 15) is 19.2 Å². The van der Waals surface area contributed by atoms with E-state index < -0.39 is 36.9 Å². The highest BCUT2D eigenvalue weighted by Gasteiger charge is 2.61. The van der Waals surface area contributed by atoms with E-state index in [1.165, 1.54) is 0 Å². The molecule has 1 N–H and O–H groups in total. The Morgan fingerprint density at radius 2 is 1.38 bits per heavy atom. The summed E-state index contributed by atoms with van der Waals surface area (Å²) in [4.78, 5) is 53.0. The molecule has 1 heterocycles. The standard InChI is InChI=1S/C29H23ClN2O5/c1-15-10-11-16(30)12-21(15)31-22(33)14-37-23(34)13-32-28(35)26-24-17-6-2-3-7-18(17)25(27(26)29(32)36)20-9-5-4-8-19(20)24/h2-12,24-27H,13-14H2,1H3,(H,31,33)/t24?,25?,26-,27-/m0/s1. The molecule has 0 aromatic heterocycles. The van der Waals surface area contributed by atoms with Crippen molar-refractivity contribution in [3.05, 3.63) is 99.6 Å². The van der Waals surface area contributed by atoms with Crippen LogP contribution in [0.4, 0.5) is 5.69 Å². The Balaban J connectivity index is 1.18. The lowest BCUT2D eigenvalue weighted by Gasteiger charge is -2.45. The van der Waals surface area contributed by atoms with Crippen LogP contribution in [-0.2, 0) is 23.9 Å². The maximum absolute atomic E-state index is 13.5. The van der Waals surface area contributed by atoms with Crippen molar-refractivity contribution in [3.63, 3.8) is 0 Å². The Morgan fingerprint density at radius 3 is 1.89 bits per heavy atom. The number of amides is 3. The number of rotatable bonds is 5. The summed E-state index contributed by atoms with van der Waals surface area (Å²) in [5.74, 6) is -3.72. The van der Waals surface area contributed by atoms with E-state index in [0.717, 1.165) is 32.7 Å². The molecule has 2 bridgehead atoms. The number of carbonyl (C=O) groups excluding carboxylic acids is 4. The molecular weight excluding hydrogens is 492 g/mol. The molecule has 1 saturated heterocycles. The van der Waals surface area contributed by atoms with Crippen molar-refractivity contribution in [3.8, 4) is 0 Å². The van der Waals surface area contributed by atoms with Gasteiger partial charge >= 0.3 is 5.97 Å². The fourth-order valence-corrected chi connectivity index (χ4v) is 6.30. The van der Waals surface area contributed by atoms with Gasteiger partial charge in [0, 0.05) is 22.5 Å². The van der Waals surface area contributed by atoms with Gasteiger partial charge in [-0.1, -0.05) is 66.2 Å². The molecule has 0 spiro atoms. The van der Waals surface area contributed by atoms with Gasteiger partial charge in [0.05, 0.1) is 11.8 Å². The van der Waals surface area contributed by atoms with Crippen molar-refractivity contribution in [2.24, 2.45) is 11.8 Å². The molecule has 2 atom stereocenters. The molecule has 7 nitrogen and oxygen atoms in total. The fraction of sp³-hybridized carbons (Fsp3) is 0.241. The molecule has 0 unspecified atom stereocenters. The molecule has 8 heteroatoms. The van der Waals surface area contributed by atoms with Crippen LogP contribution in [0.2, 0.25) is 5.02 Å². The molecule has 4 aliphatic rings. The van der Waals surface area contributed by atoms with E-state index in [4.69, 9.17) is 16.3 Å². The van der Waals surface area contributed by atoms with Crippen molar-refractivity contribution in [1.82, 2.24) is 4.90 Å². The van der Waals surface area contributed by atoms with E-state index in [1.807, 2.05) is 55.5 Å². The number of hydrogen-bond acceptors (Lipinski definition) is 5. The Hall–Kier alpha value is -3.97. The number of benzene rings is 3.